The van der Waals surface area contributed by atoms with E-state index in [2.05, 4.69) is 29.7 Å². The molecule has 9 rings (SSSR count). The zero-order valence-corrected chi connectivity index (χ0v) is 49.5. The van der Waals surface area contributed by atoms with E-state index in [9.17, 15) is 36.9 Å². The second-order valence-electron chi connectivity index (χ2n) is 20.4. The van der Waals surface area contributed by atoms with Gasteiger partial charge in [-0.05, 0) is 168 Å². The molecule has 6 aliphatic heterocycles. The topological polar surface area (TPSA) is 177 Å². The van der Waals surface area contributed by atoms with Crippen molar-refractivity contribution in [2.24, 2.45) is 15.0 Å². The molecule has 23 heteroatoms. The van der Waals surface area contributed by atoms with E-state index in [-0.39, 0.29) is 30.9 Å². The molecule has 3 aromatic carbocycles. The molecule has 0 bridgehead atoms. The Morgan fingerprint density at radius 3 is 1.22 bits per heavy atom. The predicted octanol–water partition coefficient (Wildman–Crippen LogP) is 11.5. The third-order valence-electron chi connectivity index (χ3n) is 12.3. The Morgan fingerprint density at radius 1 is 0.468 bits per heavy atom. The van der Waals surface area contributed by atoms with Crippen molar-refractivity contribution in [1.29, 1.82) is 0 Å². The number of likely N-dealkylation sites (tertiary alicyclic amines) is 3. The highest BCUT2D eigenvalue weighted by molar-refractivity contribution is 8.19. The fraction of sp³-hybridized carbons (Fsp3) is 0.444. The van der Waals surface area contributed by atoms with Crippen LogP contribution in [0.15, 0.2) is 90.4 Å². The van der Waals surface area contributed by atoms with Gasteiger partial charge in [0.1, 0.15) is 28.9 Å². The summed E-state index contributed by atoms with van der Waals surface area (Å²) in [4.78, 5) is 57.1. The Bertz CT molecular complexity index is 3020. The van der Waals surface area contributed by atoms with Gasteiger partial charge in [-0.15, -0.1) is 0 Å². The Morgan fingerprint density at radius 2 is 0.805 bits per heavy atom. The lowest BCUT2D eigenvalue weighted by atomic mass is 10.1. The highest BCUT2D eigenvalue weighted by Crippen LogP contribution is 2.40. The zero-order valence-electron chi connectivity index (χ0n) is 44.4. The van der Waals surface area contributed by atoms with Crippen molar-refractivity contribution in [3.8, 4) is 17.2 Å². The van der Waals surface area contributed by atoms with Gasteiger partial charge in [0, 0.05) is 80.5 Å². The maximum Gasteiger partial charge on any atom is 0.286 e. The van der Waals surface area contributed by atoms with E-state index in [0.29, 0.717) is 68.2 Å². The first-order valence-electron chi connectivity index (χ1n) is 25.6. The quantitative estimate of drug-likeness (QED) is 0.104. The molecule has 77 heavy (non-hydrogen) atoms. The number of amides is 3. The summed E-state index contributed by atoms with van der Waals surface area (Å²) in [6, 6.07) is 16.0. The number of thioether (sulfide) groups is 3. The molecule has 0 unspecified atom stereocenters. The fourth-order valence-electron chi connectivity index (χ4n) is 8.12. The second-order valence-corrected chi connectivity index (χ2v) is 34.2. The molecule has 0 atom stereocenters. The van der Waals surface area contributed by atoms with Gasteiger partial charge in [0.15, 0.2) is 15.5 Å². The summed E-state index contributed by atoms with van der Waals surface area (Å²) in [5, 5.41) is 2.27. The number of aliphatic imine (C=N–C) groups is 3. The monoisotopic (exact) mass is 1170 g/mol. The zero-order chi connectivity index (χ0) is 55.3. The maximum absolute atomic E-state index is 13.7. The Labute approximate surface area is 463 Å². The molecule has 3 saturated heterocycles. The van der Waals surface area contributed by atoms with Crippen molar-refractivity contribution >= 4 is 108 Å². The van der Waals surface area contributed by atoms with Gasteiger partial charge in [0.2, 0.25) is 0 Å². The van der Waals surface area contributed by atoms with Crippen molar-refractivity contribution in [2.75, 3.05) is 118 Å². The first-order valence-corrected chi connectivity index (χ1v) is 36.4. The van der Waals surface area contributed by atoms with Crippen LogP contribution in [-0.4, -0.2) is 165 Å². The average Bonchev–Trinajstić information content (AvgIpc) is 4.24. The van der Waals surface area contributed by atoms with E-state index >= 15 is 0 Å². The Balaban J connectivity index is 0.000000168. The molecular formula is C54H67F2N6O9P3S3. The van der Waals surface area contributed by atoms with Gasteiger partial charge >= 0.3 is 0 Å². The Kier molecular flexibility index (Phi) is 21.4. The van der Waals surface area contributed by atoms with E-state index in [1.165, 1.54) is 65.6 Å². The van der Waals surface area contributed by atoms with Gasteiger partial charge in [-0.2, -0.15) is 15.0 Å². The number of benzene rings is 3. The van der Waals surface area contributed by atoms with Crippen molar-refractivity contribution in [3.05, 3.63) is 104 Å². The molecule has 0 radical (unpaired) electrons. The average molecular weight is 1170 g/mol. The highest BCUT2D eigenvalue weighted by Gasteiger charge is 2.31. The predicted molar refractivity (Wildman–Crippen MR) is 315 cm³/mol. The largest absolute Gasteiger partial charge is 0.492 e. The first-order chi connectivity index (χ1) is 36.6. The van der Waals surface area contributed by atoms with Gasteiger partial charge in [0.05, 0.1) is 56.0 Å². The molecule has 3 amide bonds. The molecule has 15 nitrogen and oxygen atoms in total. The number of amidine groups is 3. The number of carbonyl (C=O) groups is 3. The summed E-state index contributed by atoms with van der Waals surface area (Å²) in [7, 11) is -6.49. The van der Waals surface area contributed by atoms with Crippen LogP contribution >= 0.6 is 56.7 Å². The van der Waals surface area contributed by atoms with E-state index < -0.39 is 33.1 Å². The molecule has 3 aromatic rings. The number of nitrogens with zero attached hydrogens (tertiary/aromatic N) is 6. The summed E-state index contributed by atoms with van der Waals surface area (Å²) >= 11 is 4.10. The van der Waals surface area contributed by atoms with Crippen molar-refractivity contribution in [3.63, 3.8) is 0 Å². The minimum atomic E-state index is -2.21. The normalized spacial score (nSPS) is 19.4. The maximum atomic E-state index is 13.7. The van der Waals surface area contributed by atoms with Crippen molar-refractivity contribution in [1.82, 2.24) is 14.7 Å². The lowest BCUT2D eigenvalue weighted by molar-refractivity contribution is -0.114. The van der Waals surface area contributed by atoms with Gasteiger partial charge in [-0.3, -0.25) is 14.4 Å². The van der Waals surface area contributed by atoms with Crippen LogP contribution in [0.4, 0.5) is 8.78 Å². The van der Waals surface area contributed by atoms with Crippen LogP contribution < -0.4 is 14.2 Å². The third-order valence-corrected chi connectivity index (χ3v) is 19.3. The number of para-hydroxylation sites is 1. The van der Waals surface area contributed by atoms with Crippen LogP contribution in [0, 0.1) is 11.6 Å². The first kappa shape index (κ1) is 60.0. The number of carbonyl (C=O) groups excluding carboxylic acids is 3. The van der Waals surface area contributed by atoms with E-state index in [1.807, 2.05) is 30.3 Å². The molecule has 0 saturated carbocycles. The van der Waals surface area contributed by atoms with E-state index in [0.717, 1.165) is 98.9 Å². The molecule has 6 aliphatic rings. The third kappa shape index (κ3) is 19.0. The standard InChI is InChI=1S/2C18H22FN2O3PS.C18H23N2O3PS/c1-25(2,23)10-9-24-15-6-5-14(19)11-13(15)12-16-17(22)20-18(26-16)21-7-3-4-8-21;1-25(2,23)10-9-24-15-12-14(19)6-5-13(15)11-16-17(22)20-18(26-16)21-7-3-4-8-21;1-24(2,22)12-11-23-15-8-4-3-7-14(15)13-16-17(21)19-18(25-16)20-9-5-6-10-20/h2*5-6,11-12H,3-4,7-10H2,1-2H3;3-4,7-8,13H,5-6,9-12H2,1-2H3/b16-12-;16-11-;16-13-. The minimum absolute atomic E-state index is 0.187. The number of ether oxygens (including phenoxy) is 3. The molecule has 3 fully saturated rings. The summed E-state index contributed by atoms with van der Waals surface area (Å²) < 4.78 is 79.9. The highest BCUT2D eigenvalue weighted by atomic mass is 32.2. The lowest BCUT2D eigenvalue weighted by Gasteiger charge is -2.15. The molecule has 0 aliphatic carbocycles. The lowest BCUT2D eigenvalue weighted by Crippen LogP contribution is -2.23. The van der Waals surface area contributed by atoms with E-state index in [4.69, 9.17) is 14.2 Å². The minimum Gasteiger partial charge on any atom is -0.492 e. The second kappa shape index (κ2) is 27.4. The van der Waals surface area contributed by atoms with Crippen molar-refractivity contribution < 1.29 is 51.1 Å². The van der Waals surface area contributed by atoms with Gasteiger partial charge in [0.25, 0.3) is 17.7 Å². The summed E-state index contributed by atoms with van der Waals surface area (Å²) in [5.74, 6) is -0.0867. The van der Waals surface area contributed by atoms with Gasteiger partial charge < -0.3 is 42.6 Å². The van der Waals surface area contributed by atoms with Crippen LogP contribution in [0.2, 0.25) is 0 Å². The van der Waals surface area contributed by atoms with Crippen LogP contribution in [0.5, 0.6) is 17.2 Å². The smallest absolute Gasteiger partial charge is 0.286 e. The van der Waals surface area contributed by atoms with Crippen LogP contribution in [-0.2, 0) is 28.1 Å². The Hall–Kier alpha value is -4.70. The number of hydrogen-bond acceptors (Lipinski definition) is 15. The number of rotatable bonds is 15. The van der Waals surface area contributed by atoms with E-state index in [1.54, 1.807) is 58.2 Å². The van der Waals surface area contributed by atoms with Crippen LogP contribution in [0.3, 0.4) is 0 Å². The molecule has 414 valence electrons. The molecule has 0 aromatic heterocycles. The fourth-order valence-corrected chi connectivity index (χ4v) is 12.6. The molecule has 0 N–H and O–H groups in total. The summed E-state index contributed by atoms with van der Waals surface area (Å²) in [5.41, 5.74) is 1.95. The van der Waals surface area contributed by atoms with Crippen molar-refractivity contribution in [2.45, 2.75) is 38.5 Å². The number of halogens is 2. The summed E-state index contributed by atoms with van der Waals surface area (Å²) in [6.45, 7) is 16.8. The SMILES string of the molecule is CP(C)(=O)CCOc1cc(F)ccc1/C=C1\SC(N2CCCC2)=NC1=O.CP(C)(=O)CCOc1ccc(F)cc1/C=C1\SC(N2CCCC2)=NC1=O.CP(C)(=O)CCOc1ccccc1/C=C1\SC(N2CCCC2)=NC1=O. The van der Waals surface area contributed by atoms with Gasteiger partial charge in [-0.1, -0.05) is 18.2 Å². The van der Waals surface area contributed by atoms with Crippen LogP contribution in [0.25, 0.3) is 18.2 Å². The van der Waals surface area contributed by atoms with Gasteiger partial charge in [-0.25, -0.2) is 8.78 Å². The molecule has 0 spiro atoms. The summed E-state index contributed by atoms with van der Waals surface area (Å²) in [6.07, 6.45) is 13.3. The molecule has 6 heterocycles. The number of hydrogen-bond donors (Lipinski definition) is 0. The van der Waals surface area contributed by atoms with Crippen LogP contribution in [0.1, 0.15) is 55.2 Å². The molecular weight excluding hydrogens is 1100 g/mol.